The lowest BCUT2D eigenvalue weighted by Gasteiger charge is -2.30. The van der Waals surface area contributed by atoms with E-state index in [0.29, 0.717) is 12.3 Å². The summed E-state index contributed by atoms with van der Waals surface area (Å²) in [5.41, 5.74) is 1.93. The maximum atomic E-state index is 5.46. The number of hydrogen-bond acceptors (Lipinski definition) is 9. The van der Waals surface area contributed by atoms with Crippen LogP contribution in [0.5, 0.6) is 11.5 Å². The lowest BCUT2D eigenvalue weighted by molar-refractivity contribution is 0.174. The Hall–Kier alpha value is -2.49. The zero-order chi connectivity index (χ0) is 18.2. The van der Waals surface area contributed by atoms with Crippen molar-refractivity contribution in [2.45, 2.75) is 12.5 Å². The van der Waals surface area contributed by atoms with E-state index in [-0.39, 0.29) is 12.8 Å². The molecule has 4 heterocycles. The summed E-state index contributed by atoms with van der Waals surface area (Å²) in [6.45, 7) is 3.06. The molecule has 8 nitrogen and oxygen atoms in total. The maximum Gasteiger partial charge on any atom is 0.232 e. The van der Waals surface area contributed by atoms with Gasteiger partial charge >= 0.3 is 0 Å². The highest BCUT2D eigenvalue weighted by Crippen LogP contribution is 2.36. The first kappa shape index (κ1) is 16.7. The molecule has 1 aromatic carbocycles. The van der Waals surface area contributed by atoms with Gasteiger partial charge in [0.05, 0.1) is 18.2 Å². The number of likely N-dealkylation sites (N-methyl/N-ethyl adjacent to an activating group) is 1. The summed E-state index contributed by atoms with van der Waals surface area (Å²) in [6.07, 6.45) is 0.526. The van der Waals surface area contributed by atoms with E-state index in [0.717, 1.165) is 53.2 Å². The van der Waals surface area contributed by atoms with Crippen molar-refractivity contribution in [2.75, 3.05) is 33.5 Å². The molecule has 3 aromatic rings. The van der Waals surface area contributed by atoms with Crippen molar-refractivity contribution in [3.05, 3.63) is 41.0 Å². The van der Waals surface area contributed by atoms with Crippen molar-refractivity contribution < 1.29 is 14.0 Å². The number of piperazine rings is 1. The van der Waals surface area contributed by atoms with Crippen LogP contribution < -0.4 is 14.8 Å². The molecule has 27 heavy (non-hydrogen) atoms. The molecule has 140 valence electrons. The molecule has 2 aromatic heterocycles. The highest BCUT2D eigenvalue weighted by Gasteiger charge is 2.25. The van der Waals surface area contributed by atoms with Crippen molar-refractivity contribution in [3.63, 3.8) is 0 Å². The summed E-state index contributed by atoms with van der Waals surface area (Å²) in [7, 11) is 2.08. The van der Waals surface area contributed by atoms with E-state index in [1.54, 1.807) is 11.3 Å². The van der Waals surface area contributed by atoms with Crippen molar-refractivity contribution in [1.82, 2.24) is 25.3 Å². The molecule has 5 rings (SSSR count). The smallest absolute Gasteiger partial charge is 0.232 e. The third-order valence-corrected chi connectivity index (χ3v) is 5.74. The van der Waals surface area contributed by atoms with Crippen LogP contribution in [0.3, 0.4) is 0 Å². The molecule has 2 aliphatic heterocycles. The summed E-state index contributed by atoms with van der Waals surface area (Å²) in [6, 6.07) is 6.02. The van der Waals surface area contributed by atoms with E-state index in [4.69, 9.17) is 19.0 Å². The van der Waals surface area contributed by atoms with Crippen LogP contribution in [0.1, 0.15) is 23.5 Å². The van der Waals surface area contributed by atoms with Crippen LogP contribution in [0.2, 0.25) is 0 Å². The van der Waals surface area contributed by atoms with Gasteiger partial charge in [-0.3, -0.25) is 4.90 Å². The van der Waals surface area contributed by atoms with E-state index in [1.165, 1.54) is 0 Å². The van der Waals surface area contributed by atoms with Gasteiger partial charge in [-0.05, 0) is 25.2 Å². The molecule has 9 heteroatoms. The van der Waals surface area contributed by atoms with Gasteiger partial charge in [-0.25, -0.2) is 4.98 Å². The minimum absolute atomic E-state index is 0.149. The standard InChI is InChI=1S/C18H19N5O3S/c1-23-5-4-19-8-13(23)17-21-16(26-22-17)7-12-9-27-18(20-12)11-2-3-14-15(6-11)25-10-24-14/h2-3,6,9,13,19H,4-5,7-8,10H2,1H3. The molecular weight excluding hydrogens is 366 g/mol. The average Bonchev–Trinajstić information content (AvgIpc) is 3.42. The van der Waals surface area contributed by atoms with Crippen LogP contribution in [0.4, 0.5) is 0 Å². The lowest BCUT2D eigenvalue weighted by Crippen LogP contribution is -2.44. The molecule has 1 saturated heterocycles. The third kappa shape index (κ3) is 3.29. The number of ether oxygens (including phenoxy) is 2. The Labute approximate surface area is 160 Å². The minimum Gasteiger partial charge on any atom is -0.454 e. The first-order chi connectivity index (χ1) is 13.3. The molecule has 1 unspecified atom stereocenters. The molecule has 0 amide bonds. The molecule has 1 atom stereocenters. The molecule has 1 N–H and O–H groups in total. The first-order valence-electron chi connectivity index (χ1n) is 8.84. The molecule has 2 aliphatic rings. The van der Waals surface area contributed by atoms with Crippen molar-refractivity contribution in [3.8, 4) is 22.1 Å². The molecule has 0 aliphatic carbocycles. The fourth-order valence-corrected chi connectivity index (χ4v) is 4.09. The predicted octanol–water partition coefficient (Wildman–Crippen LogP) is 2.09. The van der Waals surface area contributed by atoms with E-state index >= 15 is 0 Å². The zero-order valence-corrected chi connectivity index (χ0v) is 15.7. The predicted molar refractivity (Wildman–Crippen MR) is 99.0 cm³/mol. The number of nitrogens with one attached hydrogen (secondary N) is 1. The molecule has 0 saturated carbocycles. The SMILES string of the molecule is CN1CCNCC1c1noc(Cc2csc(-c3ccc4c(c3)OCO4)n2)n1. The summed E-state index contributed by atoms with van der Waals surface area (Å²) in [4.78, 5) is 11.5. The second-order valence-electron chi connectivity index (χ2n) is 6.64. The molecule has 0 bridgehead atoms. The lowest BCUT2D eigenvalue weighted by atomic mass is 10.2. The summed E-state index contributed by atoms with van der Waals surface area (Å²) >= 11 is 1.59. The molecular formula is C18H19N5O3S. The Morgan fingerprint density at radius 1 is 1.26 bits per heavy atom. The Morgan fingerprint density at radius 3 is 3.11 bits per heavy atom. The van der Waals surface area contributed by atoms with Gasteiger partial charge in [-0.1, -0.05) is 5.16 Å². The van der Waals surface area contributed by atoms with E-state index in [1.807, 2.05) is 23.6 Å². The monoisotopic (exact) mass is 385 g/mol. The fourth-order valence-electron chi connectivity index (χ4n) is 3.27. The van der Waals surface area contributed by atoms with Gasteiger partial charge in [0.2, 0.25) is 12.7 Å². The average molecular weight is 385 g/mol. The Balaban J connectivity index is 1.31. The van der Waals surface area contributed by atoms with Crippen LogP contribution in [-0.4, -0.2) is 53.5 Å². The Bertz CT molecular complexity index is 956. The number of thiazole rings is 1. The normalized spacial score (nSPS) is 19.5. The fraction of sp³-hybridized carbons (Fsp3) is 0.389. The summed E-state index contributed by atoms with van der Waals surface area (Å²) < 4.78 is 16.3. The van der Waals surface area contributed by atoms with Gasteiger partial charge < -0.3 is 19.3 Å². The van der Waals surface area contributed by atoms with E-state index in [2.05, 4.69) is 27.4 Å². The van der Waals surface area contributed by atoms with Gasteiger partial charge in [-0.15, -0.1) is 11.3 Å². The van der Waals surface area contributed by atoms with Crippen molar-refractivity contribution >= 4 is 11.3 Å². The Kier molecular flexibility index (Phi) is 4.27. The first-order valence-corrected chi connectivity index (χ1v) is 9.72. The van der Waals surface area contributed by atoms with Crippen LogP contribution in [-0.2, 0) is 6.42 Å². The van der Waals surface area contributed by atoms with E-state index < -0.39 is 0 Å². The van der Waals surface area contributed by atoms with Gasteiger partial charge in [-0.2, -0.15) is 4.98 Å². The van der Waals surface area contributed by atoms with E-state index in [9.17, 15) is 0 Å². The third-order valence-electron chi connectivity index (χ3n) is 4.80. The molecule has 1 fully saturated rings. The molecule has 0 spiro atoms. The number of aromatic nitrogens is 3. The second-order valence-corrected chi connectivity index (χ2v) is 7.49. The minimum atomic E-state index is 0.149. The van der Waals surface area contributed by atoms with Gasteiger partial charge in [0.15, 0.2) is 17.3 Å². The van der Waals surface area contributed by atoms with Crippen LogP contribution >= 0.6 is 11.3 Å². The number of nitrogens with zero attached hydrogens (tertiary/aromatic N) is 4. The highest BCUT2D eigenvalue weighted by molar-refractivity contribution is 7.13. The number of rotatable bonds is 4. The number of fused-ring (bicyclic) bond motifs is 1. The topological polar surface area (TPSA) is 85.5 Å². The molecule has 0 radical (unpaired) electrons. The summed E-state index contributed by atoms with van der Waals surface area (Å²) in [5, 5.41) is 10.5. The Morgan fingerprint density at radius 2 is 2.19 bits per heavy atom. The van der Waals surface area contributed by atoms with Crippen molar-refractivity contribution in [2.24, 2.45) is 0 Å². The quantitative estimate of drug-likeness (QED) is 0.731. The number of benzene rings is 1. The van der Waals surface area contributed by atoms with Crippen LogP contribution in [0.25, 0.3) is 10.6 Å². The van der Waals surface area contributed by atoms with Crippen LogP contribution in [0, 0.1) is 0 Å². The zero-order valence-electron chi connectivity index (χ0n) is 14.8. The largest absolute Gasteiger partial charge is 0.454 e. The highest BCUT2D eigenvalue weighted by atomic mass is 32.1. The maximum absolute atomic E-state index is 5.46. The van der Waals surface area contributed by atoms with Gasteiger partial charge in [0, 0.05) is 30.6 Å². The van der Waals surface area contributed by atoms with Gasteiger partial charge in [0.1, 0.15) is 5.01 Å². The second kappa shape index (κ2) is 6.91. The van der Waals surface area contributed by atoms with Crippen molar-refractivity contribution in [1.29, 1.82) is 0 Å². The summed E-state index contributed by atoms with van der Waals surface area (Å²) in [5.74, 6) is 2.85. The number of hydrogen-bond donors (Lipinski definition) is 1. The van der Waals surface area contributed by atoms with Gasteiger partial charge in [0.25, 0.3) is 0 Å². The van der Waals surface area contributed by atoms with Crippen LogP contribution in [0.15, 0.2) is 28.1 Å².